The normalized spacial score (nSPS) is 17.2. The minimum absolute atomic E-state index is 0.120. The fourth-order valence-electron chi connectivity index (χ4n) is 3.50. The molecule has 2 aromatic heterocycles. The van der Waals surface area contributed by atoms with Crippen molar-refractivity contribution in [2.75, 3.05) is 19.3 Å². The molecular weight excluding hydrogens is 378 g/mol. The number of hydrogen-bond acceptors (Lipinski definition) is 6. The minimum Gasteiger partial charge on any atom is -0.339 e. The van der Waals surface area contributed by atoms with E-state index in [0.717, 1.165) is 42.0 Å². The van der Waals surface area contributed by atoms with E-state index in [-0.39, 0.29) is 5.91 Å². The fourth-order valence-corrected chi connectivity index (χ4v) is 4.73. The molecule has 0 bridgehead atoms. The summed E-state index contributed by atoms with van der Waals surface area (Å²) in [4.78, 5) is 20.5. The molecule has 5 nitrogen and oxygen atoms in total. The summed E-state index contributed by atoms with van der Waals surface area (Å²) in [6.45, 7) is 1.54. The third kappa shape index (κ3) is 4.09. The lowest BCUT2D eigenvalue weighted by Crippen LogP contribution is -2.40. The molecule has 1 aliphatic rings. The van der Waals surface area contributed by atoms with Gasteiger partial charge in [-0.2, -0.15) is 16.3 Å². The molecular formula is C20H21N3O2S2. The van der Waals surface area contributed by atoms with Crippen LogP contribution in [0, 0.1) is 5.92 Å². The van der Waals surface area contributed by atoms with Crippen LogP contribution in [0.4, 0.5) is 0 Å². The van der Waals surface area contributed by atoms with E-state index in [1.165, 1.54) is 0 Å². The van der Waals surface area contributed by atoms with Gasteiger partial charge in [0.1, 0.15) is 0 Å². The van der Waals surface area contributed by atoms with Gasteiger partial charge in [0.2, 0.25) is 11.7 Å². The zero-order valence-electron chi connectivity index (χ0n) is 15.1. The van der Waals surface area contributed by atoms with Gasteiger partial charge in [-0.15, -0.1) is 11.8 Å². The fraction of sp³-hybridized carbons (Fsp3) is 0.350. The Morgan fingerprint density at radius 2 is 2.26 bits per heavy atom. The number of amides is 1. The van der Waals surface area contributed by atoms with Crippen molar-refractivity contribution in [2.24, 2.45) is 5.92 Å². The Bertz CT molecular complexity index is 908. The SMILES string of the molecule is CSc1ccccc1C(=O)N1CCC[C@@H](Cc2nc(-c3ccsc3)no2)C1. The third-order valence-electron chi connectivity index (χ3n) is 4.85. The minimum atomic E-state index is 0.120. The van der Waals surface area contributed by atoms with E-state index in [9.17, 15) is 4.79 Å². The molecule has 0 N–H and O–H groups in total. The maximum Gasteiger partial charge on any atom is 0.254 e. The Morgan fingerprint density at radius 3 is 3.07 bits per heavy atom. The van der Waals surface area contributed by atoms with Crippen molar-refractivity contribution in [1.82, 2.24) is 15.0 Å². The van der Waals surface area contributed by atoms with E-state index in [2.05, 4.69) is 10.1 Å². The predicted molar refractivity (Wildman–Crippen MR) is 108 cm³/mol. The number of benzene rings is 1. The lowest BCUT2D eigenvalue weighted by atomic mass is 9.94. The molecule has 27 heavy (non-hydrogen) atoms. The summed E-state index contributed by atoms with van der Waals surface area (Å²) in [6, 6.07) is 9.82. The molecule has 1 amide bonds. The van der Waals surface area contributed by atoms with Crippen molar-refractivity contribution in [3.8, 4) is 11.4 Å². The molecule has 1 aliphatic heterocycles. The molecule has 7 heteroatoms. The van der Waals surface area contributed by atoms with Crippen molar-refractivity contribution in [3.05, 3.63) is 52.5 Å². The van der Waals surface area contributed by atoms with Gasteiger partial charge in [-0.05, 0) is 48.6 Å². The van der Waals surface area contributed by atoms with E-state index in [4.69, 9.17) is 4.52 Å². The van der Waals surface area contributed by atoms with Crippen LogP contribution < -0.4 is 0 Å². The molecule has 0 saturated carbocycles. The second-order valence-electron chi connectivity index (χ2n) is 6.69. The van der Waals surface area contributed by atoms with Gasteiger partial charge in [0, 0.05) is 35.3 Å². The summed E-state index contributed by atoms with van der Waals surface area (Å²) in [6.07, 6.45) is 4.80. The maximum absolute atomic E-state index is 13.0. The molecule has 3 heterocycles. The van der Waals surface area contributed by atoms with Gasteiger partial charge in [-0.3, -0.25) is 4.79 Å². The number of thiophene rings is 1. The summed E-state index contributed by atoms with van der Waals surface area (Å²) in [5.41, 5.74) is 1.78. The van der Waals surface area contributed by atoms with Crippen molar-refractivity contribution >= 4 is 29.0 Å². The number of likely N-dealkylation sites (tertiary alicyclic amines) is 1. The zero-order chi connectivity index (χ0) is 18.6. The van der Waals surface area contributed by atoms with E-state index in [0.29, 0.717) is 24.1 Å². The molecule has 1 atom stereocenters. The van der Waals surface area contributed by atoms with Gasteiger partial charge in [0.25, 0.3) is 5.91 Å². The maximum atomic E-state index is 13.0. The molecule has 0 radical (unpaired) electrons. The molecule has 140 valence electrons. The number of thioether (sulfide) groups is 1. The molecule has 0 aliphatic carbocycles. The van der Waals surface area contributed by atoms with Crippen LogP contribution in [-0.2, 0) is 6.42 Å². The number of piperidine rings is 1. The van der Waals surface area contributed by atoms with E-state index >= 15 is 0 Å². The molecule has 0 spiro atoms. The molecule has 3 aromatic rings. The molecule has 1 fully saturated rings. The van der Waals surface area contributed by atoms with Crippen LogP contribution in [0.3, 0.4) is 0 Å². The Morgan fingerprint density at radius 1 is 1.37 bits per heavy atom. The van der Waals surface area contributed by atoms with Crippen LogP contribution in [0.15, 0.2) is 50.5 Å². The molecule has 1 saturated heterocycles. The Kier molecular flexibility index (Phi) is 5.59. The standard InChI is InChI=1S/C20H21N3O2S2/c1-26-17-7-3-2-6-16(17)20(24)23-9-4-5-14(12-23)11-18-21-19(22-25-18)15-8-10-27-13-15/h2-3,6-8,10,13-14H,4-5,9,11-12H2,1H3/t14-/m0/s1. The highest BCUT2D eigenvalue weighted by molar-refractivity contribution is 7.98. The van der Waals surface area contributed by atoms with Crippen LogP contribution >= 0.6 is 23.1 Å². The van der Waals surface area contributed by atoms with Crippen molar-refractivity contribution in [1.29, 1.82) is 0 Å². The largest absolute Gasteiger partial charge is 0.339 e. The van der Waals surface area contributed by atoms with E-state index < -0.39 is 0 Å². The van der Waals surface area contributed by atoms with Crippen molar-refractivity contribution in [3.63, 3.8) is 0 Å². The van der Waals surface area contributed by atoms with Crippen LogP contribution in [0.5, 0.6) is 0 Å². The number of hydrogen-bond donors (Lipinski definition) is 0. The third-order valence-corrected chi connectivity index (χ3v) is 6.33. The van der Waals surface area contributed by atoms with Gasteiger partial charge < -0.3 is 9.42 Å². The number of carbonyl (C=O) groups excluding carboxylic acids is 1. The average Bonchev–Trinajstić information content (AvgIpc) is 3.39. The van der Waals surface area contributed by atoms with Crippen LogP contribution in [0.2, 0.25) is 0 Å². The van der Waals surface area contributed by atoms with Gasteiger partial charge >= 0.3 is 0 Å². The Labute approximate surface area is 166 Å². The second kappa shape index (κ2) is 8.27. The molecule has 4 rings (SSSR count). The monoisotopic (exact) mass is 399 g/mol. The summed E-state index contributed by atoms with van der Waals surface area (Å²) in [7, 11) is 0. The predicted octanol–water partition coefficient (Wildman–Crippen LogP) is 4.61. The van der Waals surface area contributed by atoms with Crippen molar-refractivity contribution in [2.45, 2.75) is 24.2 Å². The van der Waals surface area contributed by atoms with Gasteiger partial charge in [0.15, 0.2) is 0 Å². The average molecular weight is 400 g/mol. The zero-order valence-corrected chi connectivity index (χ0v) is 16.8. The first-order chi connectivity index (χ1) is 13.2. The molecule has 0 unspecified atom stereocenters. The summed E-state index contributed by atoms with van der Waals surface area (Å²) < 4.78 is 5.44. The summed E-state index contributed by atoms with van der Waals surface area (Å²) in [5.74, 6) is 1.76. The Balaban J connectivity index is 1.43. The smallest absolute Gasteiger partial charge is 0.254 e. The van der Waals surface area contributed by atoms with E-state index in [1.807, 2.05) is 52.2 Å². The number of carbonyl (C=O) groups is 1. The van der Waals surface area contributed by atoms with E-state index in [1.54, 1.807) is 23.1 Å². The second-order valence-corrected chi connectivity index (χ2v) is 8.32. The quantitative estimate of drug-likeness (QED) is 0.586. The molecule has 1 aromatic carbocycles. The first-order valence-corrected chi connectivity index (χ1v) is 11.2. The van der Waals surface area contributed by atoms with Gasteiger partial charge in [0.05, 0.1) is 5.56 Å². The summed E-state index contributed by atoms with van der Waals surface area (Å²) >= 11 is 3.23. The first kappa shape index (κ1) is 18.3. The number of nitrogens with zero attached hydrogens (tertiary/aromatic N) is 3. The van der Waals surface area contributed by atoms with Crippen LogP contribution in [0.1, 0.15) is 29.1 Å². The van der Waals surface area contributed by atoms with Crippen LogP contribution in [0.25, 0.3) is 11.4 Å². The van der Waals surface area contributed by atoms with Crippen molar-refractivity contribution < 1.29 is 9.32 Å². The number of aromatic nitrogens is 2. The first-order valence-electron chi connectivity index (χ1n) is 9.02. The highest BCUT2D eigenvalue weighted by Crippen LogP contribution is 2.26. The van der Waals surface area contributed by atoms with Gasteiger partial charge in [-0.1, -0.05) is 17.3 Å². The lowest BCUT2D eigenvalue weighted by Gasteiger charge is -2.32. The highest BCUT2D eigenvalue weighted by atomic mass is 32.2. The van der Waals surface area contributed by atoms with Gasteiger partial charge in [-0.25, -0.2) is 0 Å². The summed E-state index contributed by atoms with van der Waals surface area (Å²) in [5, 5.41) is 8.10. The van der Waals surface area contributed by atoms with Crippen LogP contribution in [-0.4, -0.2) is 40.3 Å². The lowest BCUT2D eigenvalue weighted by molar-refractivity contribution is 0.0664. The topological polar surface area (TPSA) is 59.2 Å². The highest BCUT2D eigenvalue weighted by Gasteiger charge is 2.27. The Hall–Kier alpha value is -2.12. The number of rotatable bonds is 5.